The van der Waals surface area contributed by atoms with E-state index in [-0.39, 0.29) is 11.9 Å². The number of hydrogen-bond donors (Lipinski definition) is 3. The number of hydrogen-bond acceptors (Lipinski definition) is 4. The van der Waals surface area contributed by atoms with Gasteiger partial charge in [-0.3, -0.25) is 4.79 Å². The fourth-order valence-corrected chi connectivity index (χ4v) is 1.95. The van der Waals surface area contributed by atoms with Crippen molar-refractivity contribution in [2.45, 2.75) is 12.5 Å². The largest absolute Gasteiger partial charge is 0.494 e. The van der Waals surface area contributed by atoms with Gasteiger partial charge in [0, 0.05) is 26.2 Å². The van der Waals surface area contributed by atoms with Crippen molar-refractivity contribution < 1.29 is 9.53 Å². The minimum absolute atomic E-state index is 0.0620. The van der Waals surface area contributed by atoms with E-state index in [4.69, 9.17) is 4.74 Å². The number of nitrogens with one attached hydrogen (secondary N) is 3. The van der Waals surface area contributed by atoms with Gasteiger partial charge in [0.15, 0.2) is 0 Å². The number of benzene rings is 1. The van der Waals surface area contributed by atoms with Crippen LogP contribution < -0.4 is 20.7 Å². The van der Waals surface area contributed by atoms with Crippen LogP contribution in [0.5, 0.6) is 5.75 Å². The number of amides is 1. The van der Waals surface area contributed by atoms with Crippen molar-refractivity contribution in [2.75, 3.05) is 32.8 Å². The normalized spacial score (nSPS) is 18.8. The molecule has 1 aromatic carbocycles. The number of ether oxygens (including phenoxy) is 1. The minimum atomic E-state index is -0.108. The Bertz CT molecular complexity index is 378. The molecule has 19 heavy (non-hydrogen) atoms. The lowest BCUT2D eigenvalue weighted by Gasteiger charge is -2.23. The van der Waals surface area contributed by atoms with E-state index in [2.05, 4.69) is 16.0 Å². The number of para-hydroxylation sites is 1. The van der Waals surface area contributed by atoms with Crippen LogP contribution in [0.1, 0.15) is 6.42 Å². The van der Waals surface area contributed by atoms with E-state index in [1.54, 1.807) is 0 Å². The minimum Gasteiger partial charge on any atom is -0.494 e. The van der Waals surface area contributed by atoms with Crippen molar-refractivity contribution in [1.29, 1.82) is 0 Å². The van der Waals surface area contributed by atoms with Gasteiger partial charge in [-0.15, -0.1) is 0 Å². The topological polar surface area (TPSA) is 62.4 Å². The first kappa shape index (κ1) is 13.8. The first-order valence-electron chi connectivity index (χ1n) is 6.76. The van der Waals surface area contributed by atoms with Gasteiger partial charge in [-0.1, -0.05) is 18.2 Å². The van der Waals surface area contributed by atoms with Gasteiger partial charge in [0.25, 0.3) is 0 Å². The lowest BCUT2D eigenvalue weighted by molar-refractivity contribution is -0.123. The zero-order valence-electron chi connectivity index (χ0n) is 11.0. The highest BCUT2D eigenvalue weighted by atomic mass is 16.5. The number of carbonyl (C=O) groups excluding carboxylic acids is 1. The Balaban J connectivity index is 1.55. The van der Waals surface area contributed by atoms with E-state index in [0.29, 0.717) is 19.7 Å². The maximum Gasteiger partial charge on any atom is 0.238 e. The summed E-state index contributed by atoms with van der Waals surface area (Å²) in [6, 6.07) is 9.59. The van der Waals surface area contributed by atoms with Crippen LogP contribution in [0.25, 0.3) is 0 Å². The highest BCUT2D eigenvalue weighted by molar-refractivity contribution is 5.82. The summed E-state index contributed by atoms with van der Waals surface area (Å²) in [6.07, 6.45) is 0.806. The molecule has 3 N–H and O–H groups in total. The molecule has 0 spiro atoms. The van der Waals surface area contributed by atoms with Crippen LogP contribution in [-0.4, -0.2) is 44.7 Å². The molecule has 0 saturated carbocycles. The fraction of sp³-hybridized carbons (Fsp3) is 0.500. The highest BCUT2D eigenvalue weighted by Gasteiger charge is 2.19. The summed E-state index contributed by atoms with van der Waals surface area (Å²) < 4.78 is 5.55. The van der Waals surface area contributed by atoms with E-state index >= 15 is 0 Å². The average molecular weight is 263 g/mol. The van der Waals surface area contributed by atoms with Crippen LogP contribution in [-0.2, 0) is 4.79 Å². The van der Waals surface area contributed by atoms with Gasteiger partial charge in [-0.2, -0.15) is 0 Å². The van der Waals surface area contributed by atoms with Gasteiger partial charge >= 0.3 is 0 Å². The van der Waals surface area contributed by atoms with Crippen LogP contribution in [0.2, 0.25) is 0 Å². The molecule has 1 amide bonds. The van der Waals surface area contributed by atoms with E-state index in [9.17, 15) is 4.79 Å². The van der Waals surface area contributed by atoms with Crippen LogP contribution >= 0.6 is 0 Å². The third-order valence-corrected chi connectivity index (χ3v) is 2.99. The predicted octanol–water partition coefficient (Wildman–Crippen LogP) is 0.133. The van der Waals surface area contributed by atoms with Gasteiger partial charge in [-0.05, 0) is 18.6 Å². The summed E-state index contributed by atoms with van der Waals surface area (Å²) >= 11 is 0. The summed E-state index contributed by atoms with van der Waals surface area (Å²) in [4.78, 5) is 11.8. The molecule has 0 radical (unpaired) electrons. The Morgan fingerprint density at radius 3 is 2.89 bits per heavy atom. The lowest BCUT2D eigenvalue weighted by Crippen LogP contribution is -2.55. The van der Waals surface area contributed by atoms with E-state index < -0.39 is 0 Å². The van der Waals surface area contributed by atoms with Crippen molar-refractivity contribution in [3.8, 4) is 5.75 Å². The fourth-order valence-electron chi connectivity index (χ4n) is 1.95. The third-order valence-electron chi connectivity index (χ3n) is 2.99. The van der Waals surface area contributed by atoms with E-state index in [1.165, 1.54) is 0 Å². The Morgan fingerprint density at radius 2 is 2.16 bits per heavy atom. The first-order chi connectivity index (χ1) is 9.36. The molecule has 0 bridgehead atoms. The van der Waals surface area contributed by atoms with Crippen LogP contribution in [0, 0.1) is 0 Å². The first-order valence-corrected chi connectivity index (χ1v) is 6.76. The van der Waals surface area contributed by atoms with Crippen LogP contribution in [0.15, 0.2) is 30.3 Å². The second-order valence-corrected chi connectivity index (χ2v) is 4.52. The summed E-state index contributed by atoms with van der Waals surface area (Å²) in [5, 5.41) is 9.29. The molecular weight excluding hydrogens is 242 g/mol. The molecule has 1 aliphatic heterocycles. The molecule has 1 saturated heterocycles. The molecule has 1 unspecified atom stereocenters. The molecule has 1 atom stereocenters. The molecule has 0 aromatic heterocycles. The van der Waals surface area contributed by atoms with Crippen molar-refractivity contribution in [3.05, 3.63) is 30.3 Å². The van der Waals surface area contributed by atoms with Gasteiger partial charge in [0.1, 0.15) is 5.75 Å². The average Bonchev–Trinajstić information content (AvgIpc) is 2.49. The van der Waals surface area contributed by atoms with Crippen molar-refractivity contribution >= 4 is 5.91 Å². The smallest absolute Gasteiger partial charge is 0.238 e. The Labute approximate surface area is 113 Å². The maximum atomic E-state index is 11.8. The summed E-state index contributed by atoms with van der Waals surface area (Å²) in [5.41, 5.74) is 0. The molecule has 1 fully saturated rings. The molecule has 1 aliphatic rings. The molecule has 2 rings (SSSR count). The number of piperazine rings is 1. The predicted molar refractivity (Wildman–Crippen MR) is 74.2 cm³/mol. The Kier molecular flexibility index (Phi) is 5.65. The second-order valence-electron chi connectivity index (χ2n) is 4.52. The quantitative estimate of drug-likeness (QED) is 0.639. The molecule has 0 aliphatic carbocycles. The zero-order valence-corrected chi connectivity index (χ0v) is 11.0. The second kappa shape index (κ2) is 7.76. The highest BCUT2D eigenvalue weighted by Crippen LogP contribution is 2.07. The molecule has 5 nitrogen and oxygen atoms in total. The Morgan fingerprint density at radius 1 is 1.32 bits per heavy atom. The van der Waals surface area contributed by atoms with E-state index in [1.807, 2.05) is 30.3 Å². The lowest BCUT2D eigenvalue weighted by atomic mass is 10.2. The van der Waals surface area contributed by atoms with Crippen molar-refractivity contribution in [2.24, 2.45) is 0 Å². The monoisotopic (exact) mass is 263 g/mol. The number of rotatable bonds is 6. The van der Waals surface area contributed by atoms with Crippen molar-refractivity contribution in [1.82, 2.24) is 16.0 Å². The maximum absolute atomic E-state index is 11.8. The van der Waals surface area contributed by atoms with E-state index in [0.717, 1.165) is 25.3 Å². The Hall–Kier alpha value is -1.59. The van der Waals surface area contributed by atoms with Gasteiger partial charge in [0.05, 0.1) is 12.6 Å². The third kappa shape index (κ3) is 4.89. The zero-order chi connectivity index (χ0) is 13.3. The van der Waals surface area contributed by atoms with Crippen LogP contribution in [0.3, 0.4) is 0 Å². The standard InChI is InChI=1S/C14H21N3O2/c18-14(13-11-15-8-9-16-13)17-7-4-10-19-12-5-2-1-3-6-12/h1-3,5-6,13,15-16H,4,7-11H2,(H,17,18). The molecule has 104 valence electrons. The molecular formula is C14H21N3O2. The van der Waals surface area contributed by atoms with Gasteiger partial charge in [0.2, 0.25) is 5.91 Å². The number of carbonyl (C=O) groups is 1. The van der Waals surface area contributed by atoms with Crippen LogP contribution in [0.4, 0.5) is 0 Å². The van der Waals surface area contributed by atoms with Gasteiger partial charge < -0.3 is 20.7 Å². The SMILES string of the molecule is O=C(NCCCOc1ccccc1)C1CNCCN1. The summed E-state index contributed by atoms with van der Waals surface area (Å²) in [7, 11) is 0. The summed E-state index contributed by atoms with van der Waals surface area (Å²) in [5.74, 6) is 0.930. The van der Waals surface area contributed by atoms with Crippen molar-refractivity contribution in [3.63, 3.8) is 0 Å². The van der Waals surface area contributed by atoms with Gasteiger partial charge in [-0.25, -0.2) is 0 Å². The molecule has 1 aromatic rings. The molecule has 5 heteroatoms. The molecule has 1 heterocycles. The summed E-state index contributed by atoms with van der Waals surface area (Å²) in [6.45, 7) is 3.72.